The van der Waals surface area contributed by atoms with Gasteiger partial charge in [-0.25, -0.2) is 0 Å². The van der Waals surface area contributed by atoms with Gasteiger partial charge in [-0.15, -0.1) is 10.2 Å². The number of carbonyl (C=O) groups excluding carboxylic acids is 1. The van der Waals surface area contributed by atoms with E-state index in [0.29, 0.717) is 30.9 Å². The molecule has 1 amide bonds. The zero-order valence-corrected chi connectivity index (χ0v) is 18.8. The second-order valence-corrected chi connectivity index (χ2v) is 9.05. The molecule has 2 aliphatic rings. The zero-order chi connectivity index (χ0) is 22.9. The normalized spacial score (nSPS) is 21.6. The van der Waals surface area contributed by atoms with Crippen molar-refractivity contribution in [2.24, 2.45) is 4.99 Å². The molecule has 3 aromatic rings. The van der Waals surface area contributed by atoms with Crippen molar-refractivity contribution < 1.29 is 9.44 Å². The number of H-pyrrole nitrogens is 1. The van der Waals surface area contributed by atoms with Crippen molar-refractivity contribution in [2.45, 2.75) is 64.0 Å². The predicted molar refractivity (Wildman–Crippen MR) is 126 cm³/mol. The number of tetrazole rings is 1. The Bertz CT molecular complexity index is 1170. The number of aromatic amines is 1. The second kappa shape index (κ2) is 8.61. The molecule has 1 spiro atoms. The molecular weight excluding hydrogens is 416 g/mol. The number of benzene rings is 2. The van der Waals surface area contributed by atoms with Gasteiger partial charge in [-0.2, -0.15) is 10.2 Å². The summed E-state index contributed by atoms with van der Waals surface area (Å²) in [6, 6.07) is 15.9. The summed E-state index contributed by atoms with van der Waals surface area (Å²) in [5, 5.41) is 28.8. The summed E-state index contributed by atoms with van der Waals surface area (Å²) < 4.78 is -0.607. The number of rotatable bonds is 7. The number of hydrogen-bond acceptors (Lipinski definition) is 5. The van der Waals surface area contributed by atoms with Crippen LogP contribution in [0.4, 0.5) is 0 Å². The van der Waals surface area contributed by atoms with E-state index < -0.39 is 10.2 Å². The molecule has 1 atom stereocenters. The first kappa shape index (κ1) is 21.6. The number of unbranched alkanes of at least 4 members (excludes halogenated alkanes) is 1. The average Bonchev–Trinajstić information content (AvgIpc) is 3.58. The average molecular weight is 445 g/mol. The Balaban J connectivity index is 1.45. The van der Waals surface area contributed by atoms with Crippen molar-refractivity contribution >= 4 is 11.7 Å². The standard InChI is InChI=1S/C25H28N6O2/c1-2-3-10-22-26-24(32)25(15-6-7-16-25)31(22,33)17-18-11-13-19(14-12-18)20-8-4-5-9-21(20)23-27-29-30-28-23/h4-5,8-9,11-14H,2-3,6-7,10,15-17H2,1H3,(H,27,28,29,30). The lowest BCUT2D eigenvalue weighted by Gasteiger charge is -2.49. The molecule has 1 unspecified atom stereocenters. The lowest BCUT2D eigenvalue weighted by Crippen LogP contribution is -2.61. The molecule has 170 valence electrons. The summed E-state index contributed by atoms with van der Waals surface area (Å²) in [5.41, 5.74) is 2.87. The van der Waals surface area contributed by atoms with Gasteiger partial charge < -0.3 is 5.21 Å². The number of nitrogens with one attached hydrogen (secondary N) is 1. The molecule has 2 heterocycles. The van der Waals surface area contributed by atoms with Crippen LogP contribution in [0.5, 0.6) is 0 Å². The fraction of sp³-hybridized carbons (Fsp3) is 0.400. The lowest BCUT2D eigenvalue weighted by molar-refractivity contribution is -0.846. The number of hydroxylamine groups is 3. The van der Waals surface area contributed by atoms with E-state index in [0.717, 1.165) is 47.9 Å². The van der Waals surface area contributed by atoms with Crippen molar-refractivity contribution in [2.75, 3.05) is 0 Å². The van der Waals surface area contributed by atoms with Crippen LogP contribution in [-0.4, -0.2) is 42.6 Å². The maximum Gasteiger partial charge on any atom is 0.312 e. The van der Waals surface area contributed by atoms with Crippen LogP contribution in [0.2, 0.25) is 0 Å². The molecule has 1 fully saturated rings. The van der Waals surface area contributed by atoms with Crippen LogP contribution in [0.25, 0.3) is 22.5 Å². The molecule has 8 nitrogen and oxygen atoms in total. The minimum absolute atomic E-state index is 0.202. The molecule has 1 saturated carbocycles. The number of quaternary nitrogens is 1. The van der Waals surface area contributed by atoms with Crippen LogP contribution < -0.4 is 0 Å². The van der Waals surface area contributed by atoms with Crippen LogP contribution in [0.1, 0.15) is 57.4 Å². The summed E-state index contributed by atoms with van der Waals surface area (Å²) in [7, 11) is 0. The number of hydrogen-bond donors (Lipinski definition) is 1. The topological polar surface area (TPSA) is 107 Å². The summed E-state index contributed by atoms with van der Waals surface area (Å²) >= 11 is 0. The van der Waals surface area contributed by atoms with Crippen LogP contribution in [0.15, 0.2) is 53.5 Å². The SMILES string of the molecule is CCCCC1=NC(=O)C2(CCCC2)[N+]1([O-])Cc1ccc(-c2ccccc2-c2nn[nH]n2)cc1. The van der Waals surface area contributed by atoms with Gasteiger partial charge in [0.2, 0.25) is 11.7 Å². The first-order valence-corrected chi connectivity index (χ1v) is 11.7. The van der Waals surface area contributed by atoms with Gasteiger partial charge in [0.1, 0.15) is 6.54 Å². The Kier molecular flexibility index (Phi) is 5.64. The third kappa shape index (κ3) is 3.59. The molecular formula is C25H28N6O2. The van der Waals surface area contributed by atoms with Gasteiger partial charge in [0, 0.05) is 30.4 Å². The Morgan fingerprint density at radius 3 is 2.45 bits per heavy atom. The van der Waals surface area contributed by atoms with Gasteiger partial charge in [0.05, 0.1) is 0 Å². The van der Waals surface area contributed by atoms with Crippen molar-refractivity contribution in [3.8, 4) is 22.5 Å². The monoisotopic (exact) mass is 444 g/mol. The van der Waals surface area contributed by atoms with Crippen molar-refractivity contribution in [3.63, 3.8) is 0 Å². The van der Waals surface area contributed by atoms with E-state index in [1.807, 2.05) is 48.5 Å². The third-order valence-electron chi connectivity index (χ3n) is 7.11. The van der Waals surface area contributed by atoms with Gasteiger partial charge in [0.25, 0.3) is 0 Å². The van der Waals surface area contributed by atoms with E-state index in [1.54, 1.807) is 0 Å². The molecule has 2 aromatic carbocycles. The number of amides is 1. The molecule has 1 aliphatic carbocycles. The number of amidine groups is 1. The molecule has 0 bridgehead atoms. The minimum atomic E-state index is -0.924. The largest absolute Gasteiger partial charge is 0.625 e. The Morgan fingerprint density at radius 2 is 1.79 bits per heavy atom. The third-order valence-corrected chi connectivity index (χ3v) is 7.11. The maximum atomic E-state index is 14.4. The zero-order valence-electron chi connectivity index (χ0n) is 18.8. The number of nitrogens with zero attached hydrogens (tertiary/aromatic N) is 5. The highest BCUT2D eigenvalue weighted by Gasteiger charge is 2.60. The summed E-state index contributed by atoms with van der Waals surface area (Å²) in [6.07, 6.45) is 5.51. The van der Waals surface area contributed by atoms with E-state index in [1.165, 1.54) is 0 Å². The van der Waals surface area contributed by atoms with E-state index in [4.69, 9.17) is 0 Å². The summed E-state index contributed by atoms with van der Waals surface area (Å²) in [6.45, 7) is 2.33. The Hall–Kier alpha value is -3.23. The molecule has 0 radical (unpaired) electrons. The molecule has 1 N–H and O–H groups in total. The van der Waals surface area contributed by atoms with Gasteiger partial charge in [-0.1, -0.05) is 61.9 Å². The fourth-order valence-electron chi connectivity index (χ4n) is 5.31. The van der Waals surface area contributed by atoms with Crippen molar-refractivity contribution in [3.05, 3.63) is 59.3 Å². The van der Waals surface area contributed by atoms with Gasteiger partial charge in [0.15, 0.2) is 5.54 Å². The van der Waals surface area contributed by atoms with Crippen LogP contribution >= 0.6 is 0 Å². The second-order valence-electron chi connectivity index (χ2n) is 9.05. The first-order chi connectivity index (χ1) is 16.1. The number of aromatic nitrogens is 4. The highest BCUT2D eigenvalue weighted by atomic mass is 16.6. The van der Waals surface area contributed by atoms with Crippen molar-refractivity contribution in [1.29, 1.82) is 0 Å². The van der Waals surface area contributed by atoms with Gasteiger partial charge in [-0.3, -0.25) is 9.44 Å². The molecule has 1 aromatic heterocycles. The fourth-order valence-corrected chi connectivity index (χ4v) is 5.31. The molecule has 1 aliphatic heterocycles. The smallest absolute Gasteiger partial charge is 0.312 e. The molecule has 33 heavy (non-hydrogen) atoms. The van der Waals surface area contributed by atoms with Gasteiger partial charge >= 0.3 is 5.91 Å². The Morgan fingerprint density at radius 1 is 1.06 bits per heavy atom. The van der Waals surface area contributed by atoms with Crippen LogP contribution in [0.3, 0.4) is 0 Å². The minimum Gasteiger partial charge on any atom is -0.625 e. The number of carbonyl (C=O) groups is 1. The maximum absolute atomic E-state index is 14.4. The van der Waals surface area contributed by atoms with E-state index in [9.17, 15) is 10.0 Å². The van der Waals surface area contributed by atoms with E-state index in [-0.39, 0.29) is 12.5 Å². The summed E-state index contributed by atoms with van der Waals surface area (Å²) in [5.74, 6) is 0.844. The lowest BCUT2D eigenvalue weighted by atomic mass is 9.93. The van der Waals surface area contributed by atoms with E-state index in [2.05, 4.69) is 32.5 Å². The molecule has 5 rings (SSSR count). The predicted octanol–water partition coefficient (Wildman–Crippen LogP) is 4.79. The quantitative estimate of drug-likeness (QED) is 0.416. The van der Waals surface area contributed by atoms with Crippen LogP contribution in [-0.2, 0) is 11.3 Å². The number of aliphatic imine (C=N–C) groups is 1. The van der Waals surface area contributed by atoms with Crippen LogP contribution in [0, 0.1) is 5.21 Å². The van der Waals surface area contributed by atoms with Crippen molar-refractivity contribution in [1.82, 2.24) is 20.6 Å². The van der Waals surface area contributed by atoms with Gasteiger partial charge in [-0.05, 0) is 35.6 Å². The Labute approximate surface area is 192 Å². The van der Waals surface area contributed by atoms with E-state index >= 15 is 0 Å². The highest BCUT2D eigenvalue weighted by Crippen LogP contribution is 2.47. The highest BCUT2D eigenvalue weighted by molar-refractivity contribution is 6.02. The molecule has 8 heteroatoms. The summed E-state index contributed by atoms with van der Waals surface area (Å²) in [4.78, 5) is 17.3. The first-order valence-electron chi connectivity index (χ1n) is 11.7. The molecule has 0 saturated heterocycles.